The highest BCUT2D eigenvalue weighted by Crippen LogP contribution is 2.28. The first-order valence-corrected chi connectivity index (χ1v) is 7.68. The summed E-state index contributed by atoms with van der Waals surface area (Å²) in [5, 5.41) is 9.63. The highest BCUT2D eigenvalue weighted by Gasteiger charge is 2.19. The van der Waals surface area contributed by atoms with E-state index in [1.807, 2.05) is 6.07 Å². The van der Waals surface area contributed by atoms with Crippen LogP contribution >= 0.6 is 10.7 Å². The third-order valence-electron chi connectivity index (χ3n) is 2.73. The molecule has 7 heteroatoms. The van der Waals surface area contributed by atoms with Crippen LogP contribution in [0.2, 0.25) is 0 Å². The number of carbonyl (C=O) groups is 1. The molecule has 0 bridgehead atoms. The fourth-order valence-corrected chi connectivity index (χ4v) is 2.92. The predicted octanol–water partition coefficient (Wildman–Crippen LogP) is 2.43. The molecular weight excluding hydrogens is 302 g/mol. The van der Waals surface area contributed by atoms with Gasteiger partial charge in [-0.1, -0.05) is 6.07 Å². The van der Waals surface area contributed by atoms with E-state index in [2.05, 4.69) is 4.74 Å². The Morgan fingerprint density at radius 2 is 2.00 bits per heavy atom. The van der Waals surface area contributed by atoms with Gasteiger partial charge in [0, 0.05) is 16.1 Å². The summed E-state index contributed by atoms with van der Waals surface area (Å²) in [6.07, 6.45) is 0. The molecule has 0 saturated carbocycles. The van der Waals surface area contributed by atoms with E-state index < -0.39 is 15.0 Å². The molecule has 0 aliphatic rings. The van der Waals surface area contributed by atoms with Gasteiger partial charge in [0.2, 0.25) is 0 Å². The van der Waals surface area contributed by atoms with Gasteiger partial charge in [0.25, 0.3) is 9.05 Å². The number of halogens is 1. The van der Waals surface area contributed by atoms with Crippen LogP contribution in [-0.4, -0.2) is 21.5 Å². The first-order chi connectivity index (χ1) is 9.36. The Labute approximate surface area is 119 Å². The number of benzene rings is 2. The maximum Gasteiger partial charge on any atom is 0.337 e. The first kappa shape index (κ1) is 14.3. The molecular formula is C13H8ClNO4S. The van der Waals surface area contributed by atoms with Gasteiger partial charge in [-0.3, -0.25) is 0 Å². The number of ether oxygens (including phenoxy) is 1. The van der Waals surface area contributed by atoms with Crippen LogP contribution in [0.1, 0.15) is 15.9 Å². The van der Waals surface area contributed by atoms with E-state index in [-0.39, 0.29) is 15.8 Å². The summed E-state index contributed by atoms with van der Waals surface area (Å²) in [5.74, 6) is -0.669. The van der Waals surface area contributed by atoms with Crippen molar-refractivity contribution in [1.29, 1.82) is 5.26 Å². The van der Waals surface area contributed by atoms with Crippen LogP contribution < -0.4 is 0 Å². The molecule has 0 heterocycles. The number of hydrogen-bond donors (Lipinski definition) is 0. The molecule has 102 valence electrons. The number of nitriles is 1. The van der Waals surface area contributed by atoms with Crippen molar-refractivity contribution >= 4 is 36.5 Å². The van der Waals surface area contributed by atoms with Crippen LogP contribution in [0.25, 0.3) is 10.8 Å². The standard InChI is InChI=1S/C13H8ClNO4S/c1-19-13(16)10-5-9-3-2-8(7-15)4-11(9)12(6-10)20(14,17)18/h2-6H,1H3. The molecule has 0 aromatic heterocycles. The smallest absolute Gasteiger partial charge is 0.337 e. The predicted molar refractivity (Wildman–Crippen MR) is 73.0 cm³/mol. The lowest BCUT2D eigenvalue weighted by atomic mass is 10.0. The van der Waals surface area contributed by atoms with Gasteiger partial charge in [-0.15, -0.1) is 0 Å². The van der Waals surface area contributed by atoms with Gasteiger partial charge in [0.1, 0.15) is 0 Å². The molecule has 2 aromatic carbocycles. The summed E-state index contributed by atoms with van der Waals surface area (Å²) < 4.78 is 27.8. The van der Waals surface area contributed by atoms with E-state index in [0.717, 1.165) is 6.07 Å². The van der Waals surface area contributed by atoms with Crippen molar-refractivity contribution in [2.75, 3.05) is 7.11 Å². The van der Waals surface area contributed by atoms with Crippen LogP contribution in [0.4, 0.5) is 0 Å². The number of hydrogen-bond acceptors (Lipinski definition) is 5. The Morgan fingerprint density at radius 3 is 2.55 bits per heavy atom. The van der Waals surface area contributed by atoms with Gasteiger partial charge in [-0.2, -0.15) is 5.26 Å². The molecule has 20 heavy (non-hydrogen) atoms. The van der Waals surface area contributed by atoms with Gasteiger partial charge in [0.05, 0.1) is 29.2 Å². The minimum atomic E-state index is -4.06. The lowest BCUT2D eigenvalue weighted by Gasteiger charge is -2.07. The highest BCUT2D eigenvalue weighted by atomic mass is 35.7. The molecule has 0 aliphatic heterocycles. The van der Waals surface area contributed by atoms with Crippen molar-refractivity contribution in [3.63, 3.8) is 0 Å². The van der Waals surface area contributed by atoms with Gasteiger partial charge >= 0.3 is 5.97 Å². The second-order valence-corrected chi connectivity index (χ2v) is 6.49. The number of methoxy groups -OCH3 is 1. The van der Waals surface area contributed by atoms with Crippen molar-refractivity contribution in [3.05, 3.63) is 41.5 Å². The SMILES string of the molecule is COC(=O)c1cc(S(=O)(=O)Cl)c2cc(C#N)ccc2c1. The van der Waals surface area contributed by atoms with E-state index in [4.69, 9.17) is 15.9 Å². The zero-order chi connectivity index (χ0) is 14.9. The van der Waals surface area contributed by atoms with Crippen LogP contribution in [0.3, 0.4) is 0 Å². The Hall–Kier alpha value is -2.10. The molecule has 2 rings (SSSR count). The minimum Gasteiger partial charge on any atom is -0.465 e. The Kier molecular flexibility index (Phi) is 3.66. The molecule has 0 amide bonds. The van der Waals surface area contributed by atoms with Crippen LogP contribution in [0, 0.1) is 11.3 Å². The van der Waals surface area contributed by atoms with Crippen molar-refractivity contribution < 1.29 is 17.9 Å². The summed E-state index contributed by atoms with van der Waals surface area (Å²) in [7, 11) is 2.52. The van der Waals surface area contributed by atoms with E-state index in [0.29, 0.717) is 10.9 Å². The largest absolute Gasteiger partial charge is 0.465 e. The zero-order valence-electron chi connectivity index (χ0n) is 10.3. The average molecular weight is 310 g/mol. The second-order valence-electron chi connectivity index (χ2n) is 3.95. The molecule has 5 nitrogen and oxygen atoms in total. The van der Waals surface area contributed by atoms with Crippen molar-refractivity contribution in [2.45, 2.75) is 4.90 Å². The second kappa shape index (κ2) is 5.12. The van der Waals surface area contributed by atoms with Crippen molar-refractivity contribution in [3.8, 4) is 6.07 Å². The molecule has 0 aliphatic carbocycles. The first-order valence-electron chi connectivity index (χ1n) is 5.37. The molecule has 0 N–H and O–H groups in total. The number of rotatable bonds is 2. The molecule has 0 saturated heterocycles. The van der Waals surface area contributed by atoms with Gasteiger partial charge in [-0.05, 0) is 29.7 Å². The normalized spacial score (nSPS) is 11.1. The summed E-state index contributed by atoms with van der Waals surface area (Å²) in [5.41, 5.74) is 0.369. The van der Waals surface area contributed by atoms with E-state index >= 15 is 0 Å². The fraction of sp³-hybridized carbons (Fsp3) is 0.0769. The Morgan fingerprint density at radius 1 is 1.30 bits per heavy atom. The van der Waals surface area contributed by atoms with E-state index in [9.17, 15) is 13.2 Å². The van der Waals surface area contributed by atoms with Gasteiger partial charge in [-0.25, -0.2) is 13.2 Å². The monoisotopic (exact) mass is 309 g/mol. The van der Waals surface area contributed by atoms with Crippen LogP contribution in [-0.2, 0) is 13.8 Å². The molecule has 0 atom stereocenters. The number of carbonyl (C=O) groups excluding carboxylic acids is 1. The highest BCUT2D eigenvalue weighted by molar-refractivity contribution is 8.14. The quantitative estimate of drug-likeness (QED) is 0.628. The minimum absolute atomic E-state index is 0.0731. The Balaban J connectivity index is 2.90. The fourth-order valence-electron chi connectivity index (χ4n) is 1.83. The van der Waals surface area contributed by atoms with Crippen LogP contribution in [0.15, 0.2) is 35.2 Å². The molecule has 0 radical (unpaired) electrons. The average Bonchev–Trinajstić information content (AvgIpc) is 2.43. The number of nitrogens with zero attached hydrogens (tertiary/aromatic N) is 1. The summed E-state index contributed by atoms with van der Waals surface area (Å²) in [4.78, 5) is 11.3. The topological polar surface area (TPSA) is 84.2 Å². The van der Waals surface area contributed by atoms with Crippen molar-refractivity contribution in [2.24, 2.45) is 0 Å². The number of esters is 1. The van der Waals surface area contributed by atoms with Gasteiger partial charge < -0.3 is 4.74 Å². The van der Waals surface area contributed by atoms with Crippen LogP contribution in [0.5, 0.6) is 0 Å². The molecule has 0 unspecified atom stereocenters. The van der Waals surface area contributed by atoms with Crippen molar-refractivity contribution in [1.82, 2.24) is 0 Å². The summed E-state index contributed by atoms with van der Waals surface area (Å²) in [6, 6.07) is 9.01. The summed E-state index contributed by atoms with van der Waals surface area (Å²) >= 11 is 0. The third-order valence-corrected chi connectivity index (χ3v) is 4.09. The van der Waals surface area contributed by atoms with Gasteiger partial charge in [0.15, 0.2) is 0 Å². The maximum absolute atomic E-state index is 11.6. The summed E-state index contributed by atoms with van der Waals surface area (Å²) in [6.45, 7) is 0. The Bertz CT molecular complexity index is 853. The van der Waals surface area contributed by atoms with E-state index in [1.54, 1.807) is 6.07 Å². The zero-order valence-corrected chi connectivity index (χ0v) is 11.8. The maximum atomic E-state index is 11.6. The molecule has 0 spiro atoms. The third kappa shape index (κ3) is 2.59. The number of fused-ring (bicyclic) bond motifs is 1. The lowest BCUT2D eigenvalue weighted by molar-refractivity contribution is 0.0600. The molecule has 2 aromatic rings. The lowest BCUT2D eigenvalue weighted by Crippen LogP contribution is -2.04. The van der Waals surface area contributed by atoms with E-state index in [1.165, 1.54) is 25.3 Å². The molecule has 0 fully saturated rings.